The Labute approximate surface area is 204 Å². The Bertz CT molecular complexity index is 1290. The van der Waals surface area contributed by atoms with Gasteiger partial charge in [-0.15, -0.1) is 0 Å². The summed E-state index contributed by atoms with van der Waals surface area (Å²) >= 11 is 0. The molecule has 0 aliphatic carbocycles. The smallest absolute Gasteiger partial charge is 0.339 e. The lowest BCUT2D eigenvalue weighted by atomic mass is 10.1. The highest BCUT2D eigenvalue weighted by Gasteiger charge is 2.20. The average molecular weight is 498 g/mol. The highest BCUT2D eigenvalue weighted by molar-refractivity contribution is 7.87. The Hall–Kier alpha value is -3.76. The van der Waals surface area contributed by atoms with Crippen molar-refractivity contribution in [3.05, 3.63) is 99.6 Å². The van der Waals surface area contributed by atoms with Crippen molar-refractivity contribution >= 4 is 21.7 Å². The van der Waals surface area contributed by atoms with Gasteiger partial charge in [-0.1, -0.05) is 44.2 Å². The third-order valence-corrected chi connectivity index (χ3v) is 6.63. The number of non-ortho nitro benzene ring substituents is 1. The van der Waals surface area contributed by atoms with Crippen LogP contribution in [0, 0.1) is 10.1 Å². The molecule has 0 saturated carbocycles. The van der Waals surface area contributed by atoms with Gasteiger partial charge in [-0.3, -0.25) is 19.8 Å². The van der Waals surface area contributed by atoms with E-state index in [4.69, 9.17) is 4.18 Å². The minimum Gasteiger partial charge on any atom is -0.379 e. The van der Waals surface area contributed by atoms with Crippen LogP contribution in [0.4, 0.5) is 5.69 Å². The van der Waals surface area contributed by atoms with Gasteiger partial charge in [0.15, 0.2) is 0 Å². The molecule has 0 unspecified atom stereocenters. The molecule has 0 radical (unpaired) electrons. The van der Waals surface area contributed by atoms with Crippen molar-refractivity contribution in [2.75, 3.05) is 13.1 Å². The predicted molar refractivity (Wildman–Crippen MR) is 132 cm³/mol. The van der Waals surface area contributed by atoms with Gasteiger partial charge in [0, 0.05) is 30.8 Å². The van der Waals surface area contributed by atoms with E-state index in [9.17, 15) is 23.3 Å². The first-order valence-corrected chi connectivity index (χ1v) is 12.5. The molecular weight excluding hydrogens is 470 g/mol. The highest BCUT2D eigenvalue weighted by Crippen LogP contribution is 2.22. The average Bonchev–Trinajstić information content (AvgIpc) is 2.86. The van der Waals surface area contributed by atoms with Crippen LogP contribution >= 0.6 is 0 Å². The van der Waals surface area contributed by atoms with E-state index in [2.05, 4.69) is 36.2 Å². The van der Waals surface area contributed by atoms with E-state index in [1.165, 1.54) is 48.0 Å². The summed E-state index contributed by atoms with van der Waals surface area (Å²) in [5, 5.41) is 13.8. The number of carbonyl (C=O) groups is 1. The lowest BCUT2D eigenvalue weighted by Gasteiger charge is -2.18. The third-order valence-electron chi connectivity index (χ3n) is 5.38. The van der Waals surface area contributed by atoms with Gasteiger partial charge in [-0.25, -0.2) is 0 Å². The number of benzene rings is 3. The number of hydrogen-bond donors (Lipinski definition) is 1. The summed E-state index contributed by atoms with van der Waals surface area (Å²) in [6.07, 6.45) is 0. The van der Waals surface area contributed by atoms with E-state index in [1.54, 1.807) is 0 Å². The van der Waals surface area contributed by atoms with Gasteiger partial charge >= 0.3 is 10.1 Å². The topological polar surface area (TPSA) is 119 Å². The van der Waals surface area contributed by atoms with Crippen LogP contribution in [0.2, 0.25) is 0 Å². The Morgan fingerprint density at radius 1 is 0.971 bits per heavy atom. The molecule has 184 valence electrons. The maximum Gasteiger partial charge on any atom is 0.339 e. The quantitative estimate of drug-likeness (QED) is 0.240. The SMILES string of the molecule is CCN(CC)Cc1cccc(CNC(=O)c2ccc(OS(=O)(=O)c3cccc([N+](=O)[O-])c3)cc2)c1. The van der Waals surface area contributed by atoms with Crippen molar-refractivity contribution in [2.24, 2.45) is 0 Å². The summed E-state index contributed by atoms with van der Waals surface area (Å²) in [4.78, 5) is 24.7. The Morgan fingerprint density at radius 2 is 1.63 bits per heavy atom. The summed E-state index contributed by atoms with van der Waals surface area (Å²) in [5.74, 6) is -0.329. The predicted octanol–water partition coefficient (Wildman–Crippen LogP) is 4.13. The van der Waals surface area contributed by atoms with E-state index < -0.39 is 15.0 Å². The Kier molecular flexibility index (Phi) is 8.56. The number of rotatable bonds is 11. The van der Waals surface area contributed by atoms with Crippen molar-refractivity contribution < 1.29 is 22.3 Å². The van der Waals surface area contributed by atoms with Crippen LogP contribution in [0.25, 0.3) is 0 Å². The zero-order valence-corrected chi connectivity index (χ0v) is 20.3. The second-order valence-electron chi connectivity index (χ2n) is 7.78. The molecule has 0 aromatic heterocycles. The number of amides is 1. The van der Waals surface area contributed by atoms with Crippen LogP contribution in [0.1, 0.15) is 35.3 Å². The molecular formula is C25H27N3O6S. The zero-order chi connectivity index (χ0) is 25.4. The summed E-state index contributed by atoms with van der Waals surface area (Å²) in [7, 11) is -4.27. The normalized spacial score (nSPS) is 11.3. The van der Waals surface area contributed by atoms with Crippen LogP contribution in [-0.4, -0.2) is 37.2 Å². The van der Waals surface area contributed by atoms with Gasteiger partial charge in [-0.05, 0) is 54.5 Å². The van der Waals surface area contributed by atoms with Gasteiger partial charge in [0.05, 0.1) is 4.92 Å². The van der Waals surface area contributed by atoms with E-state index in [0.29, 0.717) is 12.1 Å². The fourth-order valence-electron chi connectivity index (χ4n) is 3.42. The summed E-state index contributed by atoms with van der Waals surface area (Å²) < 4.78 is 30.0. The van der Waals surface area contributed by atoms with Crippen LogP contribution in [0.15, 0.2) is 77.7 Å². The minimum absolute atomic E-state index is 0.0165. The van der Waals surface area contributed by atoms with Crippen molar-refractivity contribution in [2.45, 2.75) is 31.8 Å². The Morgan fingerprint density at radius 3 is 2.29 bits per heavy atom. The van der Waals surface area contributed by atoms with Gasteiger partial charge in [0.2, 0.25) is 0 Å². The molecule has 9 nitrogen and oxygen atoms in total. The second kappa shape index (κ2) is 11.6. The number of carbonyl (C=O) groups excluding carboxylic acids is 1. The molecule has 0 saturated heterocycles. The van der Waals surface area contributed by atoms with Gasteiger partial charge in [-0.2, -0.15) is 8.42 Å². The highest BCUT2D eigenvalue weighted by atomic mass is 32.2. The standard InChI is InChI=1S/C25H27N3O6S/c1-3-27(4-2)18-20-8-5-7-19(15-20)17-26-25(29)21-11-13-23(14-12-21)34-35(32,33)24-10-6-9-22(16-24)28(30)31/h5-16H,3-4,17-18H2,1-2H3,(H,26,29). The number of nitrogens with zero attached hydrogens (tertiary/aromatic N) is 2. The molecule has 0 bridgehead atoms. The number of nitro groups is 1. The number of hydrogen-bond acceptors (Lipinski definition) is 7. The van der Waals surface area contributed by atoms with Crippen molar-refractivity contribution in [1.29, 1.82) is 0 Å². The summed E-state index contributed by atoms with van der Waals surface area (Å²) in [6, 6.07) is 18.2. The number of nitrogens with one attached hydrogen (secondary N) is 1. The minimum atomic E-state index is -4.27. The van der Waals surface area contributed by atoms with Crippen LogP contribution in [0.3, 0.4) is 0 Å². The van der Waals surface area contributed by atoms with Crippen molar-refractivity contribution in [3.63, 3.8) is 0 Å². The van der Waals surface area contributed by atoms with Crippen molar-refractivity contribution in [3.8, 4) is 5.75 Å². The summed E-state index contributed by atoms with van der Waals surface area (Å²) in [5.41, 5.74) is 2.13. The zero-order valence-electron chi connectivity index (χ0n) is 19.5. The van der Waals surface area contributed by atoms with Crippen LogP contribution < -0.4 is 9.50 Å². The van der Waals surface area contributed by atoms with Crippen LogP contribution in [0.5, 0.6) is 5.75 Å². The second-order valence-corrected chi connectivity index (χ2v) is 9.33. The lowest BCUT2D eigenvalue weighted by Crippen LogP contribution is -2.23. The fourth-order valence-corrected chi connectivity index (χ4v) is 4.39. The molecule has 35 heavy (non-hydrogen) atoms. The van der Waals surface area contributed by atoms with E-state index in [1.807, 2.05) is 12.1 Å². The Balaban J connectivity index is 1.61. The maximum absolute atomic E-state index is 12.6. The molecule has 0 fully saturated rings. The third kappa shape index (κ3) is 7.11. The maximum atomic E-state index is 12.6. The van der Waals surface area contributed by atoms with E-state index >= 15 is 0 Å². The monoisotopic (exact) mass is 497 g/mol. The molecule has 10 heteroatoms. The van der Waals surface area contributed by atoms with Crippen LogP contribution in [-0.2, 0) is 23.2 Å². The lowest BCUT2D eigenvalue weighted by molar-refractivity contribution is -0.385. The fraction of sp³-hybridized carbons (Fsp3) is 0.240. The molecule has 0 spiro atoms. The molecule has 0 atom stereocenters. The largest absolute Gasteiger partial charge is 0.379 e. The molecule has 0 heterocycles. The summed E-state index contributed by atoms with van der Waals surface area (Å²) in [6.45, 7) is 7.35. The first-order valence-electron chi connectivity index (χ1n) is 11.1. The van der Waals surface area contributed by atoms with Gasteiger partial charge < -0.3 is 9.50 Å². The van der Waals surface area contributed by atoms with E-state index in [-0.39, 0.29) is 22.2 Å². The van der Waals surface area contributed by atoms with Gasteiger partial charge in [0.25, 0.3) is 11.6 Å². The first kappa shape index (κ1) is 25.9. The molecule has 1 N–H and O–H groups in total. The van der Waals surface area contributed by atoms with E-state index in [0.717, 1.165) is 31.3 Å². The number of nitro benzene ring substituents is 1. The van der Waals surface area contributed by atoms with Gasteiger partial charge in [0.1, 0.15) is 10.6 Å². The molecule has 1 amide bonds. The van der Waals surface area contributed by atoms with Crippen molar-refractivity contribution in [1.82, 2.24) is 10.2 Å². The molecule has 3 aromatic rings. The molecule has 0 aliphatic rings. The molecule has 0 aliphatic heterocycles. The first-order chi connectivity index (χ1) is 16.7. The molecule has 3 aromatic carbocycles. The molecule has 3 rings (SSSR count).